The van der Waals surface area contributed by atoms with E-state index in [2.05, 4.69) is 10.6 Å². The summed E-state index contributed by atoms with van der Waals surface area (Å²) in [5, 5.41) is 130. The molecule has 20 atom stereocenters. The largest absolute Gasteiger partial charge is 0.394 e. The molecule has 0 aliphatic carbocycles. The van der Waals surface area contributed by atoms with Crippen LogP contribution in [0.2, 0.25) is 0 Å². The van der Waals surface area contributed by atoms with Crippen LogP contribution in [-0.4, -0.2) is 222 Å². The zero-order valence-electron chi connectivity index (χ0n) is 27.4. The van der Waals surface area contributed by atoms with Gasteiger partial charge in [0.25, 0.3) is 0 Å². The van der Waals surface area contributed by atoms with Gasteiger partial charge in [-0.2, -0.15) is 0 Å². The molecule has 4 fully saturated rings. The van der Waals surface area contributed by atoms with Crippen LogP contribution in [0.1, 0.15) is 13.8 Å². The number of rotatable bonds is 12. The minimum atomic E-state index is -2.06. The van der Waals surface area contributed by atoms with Crippen LogP contribution in [0.15, 0.2) is 0 Å². The minimum absolute atomic E-state index is 0.681. The van der Waals surface area contributed by atoms with E-state index in [1.54, 1.807) is 0 Å². The highest BCUT2D eigenvalue weighted by Gasteiger charge is 2.56. The molecule has 0 radical (unpaired) electrons. The quantitative estimate of drug-likeness (QED) is 0.0881. The summed E-state index contributed by atoms with van der Waals surface area (Å²) in [4.78, 5) is 24.1. The Morgan fingerprint density at radius 1 is 0.471 bits per heavy atom. The summed E-state index contributed by atoms with van der Waals surface area (Å²) in [6.07, 6.45) is -31.5. The van der Waals surface area contributed by atoms with Crippen molar-refractivity contribution < 1.29 is 104 Å². The Kier molecular flexibility index (Phi) is 14.8. The molecular formula is C28H48N2O21. The van der Waals surface area contributed by atoms with Crippen molar-refractivity contribution >= 4 is 11.8 Å². The maximum Gasteiger partial charge on any atom is 0.217 e. The van der Waals surface area contributed by atoms with Crippen molar-refractivity contribution in [2.45, 2.75) is 137 Å². The summed E-state index contributed by atoms with van der Waals surface area (Å²) >= 11 is 0. The van der Waals surface area contributed by atoms with Gasteiger partial charge in [0.05, 0.1) is 26.4 Å². The zero-order chi connectivity index (χ0) is 37.9. The van der Waals surface area contributed by atoms with Crippen molar-refractivity contribution in [2.75, 3.05) is 26.4 Å². The van der Waals surface area contributed by atoms with E-state index in [4.69, 9.17) is 33.2 Å². The first-order valence-electron chi connectivity index (χ1n) is 16.1. The first kappa shape index (κ1) is 41.9. The highest BCUT2D eigenvalue weighted by molar-refractivity contribution is 5.73. The standard InChI is InChI=1S/C28H48N2O21/c1-7(35)29-13-23(16(38)10(4-32)45-25(13)44)50-28-21(43)19(41)22(12(6-34)48-28)49-26-14(30-8(2)36)24(17(39)11(5-33)46-26)51-27-20(42)18(40)15(37)9(3-31)47-27/h9-28,31-34,37-44H,3-6H2,1-2H3,(H,29,35)(H,30,36)/t9-,10-,11-,12-,13-,14-,15+,16+,17-,18+,19-,20-,21-,22+,23-,24-,25?,26+,27+,28+/m1/s1. The maximum absolute atomic E-state index is 12.3. The molecule has 4 aliphatic heterocycles. The van der Waals surface area contributed by atoms with Gasteiger partial charge in [-0.25, -0.2) is 0 Å². The van der Waals surface area contributed by atoms with Crippen LogP contribution in [0.3, 0.4) is 0 Å². The lowest BCUT2D eigenvalue weighted by Crippen LogP contribution is -2.70. The number of hydrogen-bond acceptors (Lipinski definition) is 21. The van der Waals surface area contributed by atoms with E-state index in [1.807, 2.05) is 0 Å². The maximum atomic E-state index is 12.3. The molecule has 14 N–H and O–H groups in total. The molecule has 0 aromatic rings. The highest BCUT2D eigenvalue weighted by atomic mass is 16.8. The summed E-state index contributed by atoms with van der Waals surface area (Å²) in [6.45, 7) is -1.29. The van der Waals surface area contributed by atoms with Crippen molar-refractivity contribution in [3.63, 3.8) is 0 Å². The van der Waals surface area contributed by atoms with E-state index in [0.29, 0.717) is 0 Å². The van der Waals surface area contributed by atoms with Gasteiger partial charge >= 0.3 is 0 Å². The van der Waals surface area contributed by atoms with Crippen LogP contribution in [0.25, 0.3) is 0 Å². The van der Waals surface area contributed by atoms with Crippen LogP contribution in [0, 0.1) is 0 Å². The number of aliphatic hydroxyl groups excluding tert-OH is 12. The Morgan fingerprint density at radius 3 is 1.37 bits per heavy atom. The second-order valence-corrected chi connectivity index (χ2v) is 12.6. The van der Waals surface area contributed by atoms with Gasteiger partial charge in [-0.3, -0.25) is 9.59 Å². The molecule has 23 nitrogen and oxygen atoms in total. The summed E-state index contributed by atoms with van der Waals surface area (Å²) in [7, 11) is 0. The summed E-state index contributed by atoms with van der Waals surface area (Å²) in [5.41, 5.74) is 0. The monoisotopic (exact) mass is 748 g/mol. The average Bonchev–Trinajstić information content (AvgIpc) is 3.09. The third kappa shape index (κ3) is 9.11. The molecule has 0 bridgehead atoms. The number of hydrogen-bond donors (Lipinski definition) is 14. The van der Waals surface area contributed by atoms with Crippen LogP contribution >= 0.6 is 0 Å². The Hall–Kier alpha value is -1.82. The second-order valence-electron chi connectivity index (χ2n) is 12.6. The lowest BCUT2D eigenvalue weighted by molar-refractivity contribution is -0.374. The fourth-order valence-electron chi connectivity index (χ4n) is 6.35. The Balaban J connectivity index is 1.58. The van der Waals surface area contributed by atoms with Gasteiger partial charge in [-0.15, -0.1) is 0 Å². The summed E-state index contributed by atoms with van der Waals surface area (Å²) < 4.78 is 39.2. The zero-order valence-corrected chi connectivity index (χ0v) is 27.4. The molecule has 0 aromatic heterocycles. The molecule has 4 aliphatic rings. The molecule has 4 rings (SSSR count). The molecule has 4 heterocycles. The average molecular weight is 749 g/mol. The van der Waals surface area contributed by atoms with Gasteiger partial charge in [0.2, 0.25) is 11.8 Å². The van der Waals surface area contributed by atoms with Crippen molar-refractivity contribution in [3.8, 4) is 0 Å². The van der Waals surface area contributed by atoms with Crippen molar-refractivity contribution in [3.05, 3.63) is 0 Å². The van der Waals surface area contributed by atoms with Gasteiger partial charge in [-0.05, 0) is 0 Å². The molecule has 4 saturated heterocycles. The number of amides is 2. The van der Waals surface area contributed by atoms with E-state index < -0.39 is 161 Å². The van der Waals surface area contributed by atoms with Gasteiger partial charge < -0.3 is 105 Å². The van der Waals surface area contributed by atoms with E-state index >= 15 is 0 Å². The van der Waals surface area contributed by atoms with Gasteiger partial charge in [-0.1, -0.05) is 0 Å². The molecule has 23 heteroatoms. The van der Waals surface area contributed by atoms with Crippen LogP contribution in [0.5, 0.6) is 0 Å². The lowest BCUT2D eigenvalue weighted by Gasteiger charge is -2.50. The Bertz CT molecular complexity index is 1140. The van der Waals surface area contributed by atoms with E-state index in [0.717, 1.165) is 13.8 Å². The van der Waals surface area contributed by atoms with Gasteiger partial charge in [0, 0.05) is 13.8 Å². The smallest absolute Gasteiger partial charge is 0.217 e. The minimum Gasteiger partial charge on any atom is -0.394 e. The normalized spacial score (nSPS) is 47.8. The van der Waals surface area contributed by atoms with Crippen molar-refractivity contribution in [2.24, 2.45) is 0 Å². The topological polar surface area (TPSA) is 366 Å². The van der Waals surface area contributed by atoms with E-state index in [1.165, 1.54) is 0 Å². The van der Waals surface area contributed by atoms with Crippen LogP contribution in [0.4, 0.5) is 0 Å². The van der Waals surface area contributed by atoms with Crippen LogP contribution in [-0.2, 0) is 42.7 Å². The number of aliphatic hydroxyl groups is 12. The predicted octanol–water partition coefficient (Wildman–Crippen LogP) is -9.46. The number of ether oxygens (including phenoxy) is 7. The summed E-state index contributed by atoms with van der Waals surface area (Å²) in [6, 6.07) is -3.05. The molecule has 0 aromatic carbocycles. The molecule has 2 amide bonds. The SMILES string of the molecule is CC(=O)N[C@H]1[C@H](O[C@@H]2[C@H](O)[C@@H](O)[C@H](O[C@H]3[C@@H](O)[C@@H](CO)OC(O)[C@@H]3NC(C)=O)O[C@@H]2CO)O[C@H](CO)[C@@H](O)[C@@H]1O[C@@H]1O[C@H](CO)[C@H](O)[C@H](O)[C@H]1O. The van der Waals surface area contributed by atoms with Gasteiger partial charge in [0.15, 0.2) is 25.2 Å². The highest BCUT2D eigenvalue weighted by Crippen LogP contribution is 2.34. The lowest BCUT2D eigenvalue weighted by atomic mass is 9.94. The predicted molar refractivity (Wildman–Crippen MR) is 157 cm³/mol. The second kappa shape index (κ2) is 18.0. The molecule has 51 heavy (non-hydrogen) atoms. The molecule has 1 unspecified atom stereocenters. The van der Waals surface area contributed by atoms with Crippen molar-refractivity contribution in [1.82, 2.24) is 10.6 Å². The first-order valence-corrected chi connectivity index (χ1v) is 16.1. The van der Waals surface area contributed by atoms with Gasteiger partial charge in [0.1, 0.15) is 97.5 Å². The molecule has 0 spiro atoms. The fourth-order valence-corrected chi connectivity index (χ4v) is 6.35. The third-order valence-corrected chi connectivity index (χ3v) is 9.01. The number of nitrogens with one attached hydrogen (secondary N) is 2. The van der Waals surface area contributed by atoms with Crippen LogP contribution < -0.4 is 10.6 Å². The number of carbonyl (C=O) groups is 2. The third-order valence-electron chi connectivity index (χ3n) is 9.01. The molecular weight excluding hydrogens is 700 g/mol. The van der Waals surface area contributed by atoms with E-state index in [9.17, 15) is 70.9 Å². The first-order chi connectivity index (χ1) is 24.1. The molecule has 296 valence electrons. The van der Waals surface area contributed by atoms with E-state index in [-0.39, 0.29) is 0 Å². The Morgan fingerprint density at radius 2 is 0.863 bits per heavy atom. The summed E-state index contributed by atoms with van der Waals surface area (Å²) in [5.74, 6) is -1.44. The molecule has 0 saturated carbocycles. The number of carbonyl (C=O) groups excluding carboxylic acids is 2. The van der Waals surface area contributed by atoms with Crippen molar-refractivity contribution in [1.29, 1.82) is 0 Å². The fraction of sp³-hybridized carbons (Fsp3) is 0.929. The Labute approximate surface area is 289 Å².